The molecule has 1 aliphatic carbocycles. The van der Waals surface area contributed by atoms with Gasteiger partial charge >= 0.3 is 0 Å². The van der Waals surface area contributed by atoms with Crippen molar-refractivity contribution >= 4 is 0 Å². The number of aliphatic hydroxyl groups is 1. The first kappa shape index (κ1) is 25.7. The Hall–Kier alpha value is -2.61. The van der Waals surface area contributed by atoms with Crippen LogP contribution in [0.2, 0.25) is 0 Å². The zero-order valence-corrected chi connectivity index (χ0v) is 23.2. The molecule has 1 aromatic carbocycles. The number of ether oxygens (including phenoxy) is 1. The summed E-state index contributed by atoms with van der Waals surface area (Å²) in [6.07, 6.45) is 9.22. The fourth-order valence-electron chi connectivity index (χ4n) is 6.70. The van der Waals surface area contributed by atoms with Crippen LogP contribution < -0.4 is 0 Å². The minimum atomic E-state index is -1.18. The number of hydrogen-bond donors (Lipinski definition) is 1. The molecule has 3 aromatic rings. The molecule has 0 bridgehead atoms. The molecule has 2 aromatic heterocycles. The Labute approximate surface area is 226 Å². The van der Waals surface area contributed by atoms with Crippen molar-refractivity contribution < 1.29 is 9.84 Å². The summed E-state index contributed by atoms with van der Waals surface area (Å²) in [6, 6.07) is 11.0. The lowest BCUT2D eigenvalue weighted by atomic mass is 9.62. The first-order chi connectivity index (χ1) is 18.3. The highest BCUT2D eigenvalue weighted by Crippen LogP contribution is 2.50. The topological polar surface area (TPSA) is 76.3 Å². The second kappa shape index (κ2) is 9.85. The lowest BCUT2D eigenvalue weighted by Crippen LogP contribution is -2.63. The molecule has 2 saturated heterocycles. The van der Waals surface area contributed by atoms with Gasteiger partial charge in [-0.1, -0.05) is 45.0 Å². The zero-order valence-electron chi connectivity index (χ0n) is 23.2. The minimum Gasteiger partial charge on any atom is -0.381 e. The Morgan fingerprint density at radius 1 is 1.03 bits per heavy atom. The van der Waals surface area contributed by atoms with Gasteiger partial charge in [0.2, 0.25) is 0 Å². The minimum absolute atomic E-state index is 0.340. The average molecular weight is 516 g/mol. The van der Waals surface area contributed by atoms with Gasteiger partial charge < -0.3 is 14.7 Å². The van der Waals surface area contributed by atoms with Crippen molar-refractivity contribution in [1.82, 2.24) is 24.6 Å². The number of aromatic nitrogens is 4. The third-order valence-corrected chi connectivity index (χ3v) is 9.19. The smallest absolute Gasteiger partial charge is 0.182 e. The fourth-order valence-corrected chi connectivity index (χ4v) is 6.70. The van der Waals surface area contributed by atoms with Gasteiger partial charge in [0.25, 0.3) is 0 Å². The van der Waals surface area contributed by atoms with Gasteiger partial charge in [0.1, 0.15) is 11.4 Å². The van der Waals surface area contributed by atoms with Crippen molar-refractivity contribution in [1.29, 1.82) is 0 Å². The molecule has 6 rings (SSSR count). The first-order valence-electron chi connectivity index (χ1n) is 14.3. The largest absolute Gasteiger partial charge is 0.381 e. The highest BCUT2D eigenvalue weighted by Gasteiger charge is 2.55. The number of benzene rings is 1. The summed E-state index contributed by atoms with van der Waals surface area (Å²) in [7, 11) is 2.10. The molecule has 0 amide bonds. The molecule has 1 saturated carbocycles. The van der Waals surface area contributed by atoms with Crippen LogP contribution in [-0.4, -0.2) is 63.1 Å². The molecule has 0 unspecified atom stereocenters. The Bertz CT molecular complexity index is 1270. The number of rotatable bonds is 7. The van der Waals surface area contributed by atoms with Crippen LogP contribution in [0, 0.1) is 5.41 Å². The van der Waals surface area contributed by atoms with E-state index >= 15 is 0 Å². The third-order valence-electron chi connectivity index (χ3n) is 9.19. The van der Waals surface area contributed by atoms with Crippen molar-refractivity contribution in [3.05, 3.63) is 65.2 Å². The predicted molar refractivity (Wildman–Crippen MR) is 148 cm³/mol. The van der Waals surface area contributed by atoms with Crippen molar-refractivity contribution in [2.24, 2.45) is 5.41 Å². The molecule has 4 heterocycles. The van der Waals surface area contributed by atoms with E-state index in [1.807, 2.05) is 12.4 Å². The van der Waals surface area contributed by atoms with E-state index in [-0.39, 0.29) is 5.41 Å². The zero-order chi connectivity index (χ0) is 26.5. The second-order valence-corrected chi connectivity index (χ2v) is 12.4. The van der Waals surface area contributed by atoms with E-state index < -0.39 is 5.60 Å². The van der Waals surface area contributed by atoms with Crippen molar-refractivity contribution in [3.8, 4) is 11.4 Å². The molecule has 0 radical (unpaired) electrons. The van der Waals surface area contributed by atoms with Crippen LogP contribution in [0.1, 0.15) is 93.3 Å². The Morgan fingerprint density at radius 2 is 1.74 bits per heavy atom. The number of pyridine rings is 1. The van der Waals surface area contributed by atoms with Crippen LogP contribution >= 0.6 is 0 Å². The molecule has 7 heteroatoms. The van der Waals surface area contributed by atoms with E-state index in [2.05, 4.69) is 72.7 Å². The van der Waals surface area contributed by atoms with E-state index in [1.165, 1.54) is 12.0 Å². The summed E-state index contributed by atoms with van der Waals surface area (Å²) in [4.78, 5) is 12.0. The number of likely N-dealkylation sites (tertiary alicyclic amines) is 1. The van der Waals surface area contributed by atoms with Gasteiger partial charge in [-0.2, -0.15) is 5.10 Å². The van der Waals surface area contributed by atoms with Gasteiger partial charge in [0.15, 0.2) is 5.82 Å². The molecule has 7 nitrogen and oxygen atoms in total. The molecule has 3 fully saturated rings. The van der Waals surface area contributed by atoms with Crippen LogP contribution in [0.15, 0.2) is 42.7 Å². The van der Waals surface area contributed by atoms with Crippen LogP contribution in [0.5, 0.6) is 0 Å². The summed E-state index contributed by atoms with van der Waals surface area (Å²) in [5.74, 6) is 2.61. The van der Waals surface area contributed by atoms with Crippen molar-refractivity contribution in [2.75, 3.05) is 33.4 Å². The van der Waals surface area contributed by atoms with Gasteiger partial charge in [0.05, 0.1) is 6.04 Å². The standard InChI is InChI=1S/C31H41N5O2/c1-21(2)22-8-10-25(11-9-22)31(37,30(3)19-35(4)20-30)26-16-24(17-32-18-26)28-33-29(23-12-14-38-15-13-23)36(34-28)27-6-5-7-27/h8-11,16-18,21,23,27,37H,5-7,12-15,19-20H2,1-4H3/t31-/m0/s1. The van der Waals surface area contributed by atoms with Gasteiger partial charge in [-0.3, -0.25) is 4.98 Å². The quantitative estimate of drug-likeness (QED) is 0.462. The van der Waals surface area contributed by atoms with E-state index in [4.69, 9.17) is 14.8 Å². The lowest BCUT2D eigenvalue weighted by Gasteiger charge is -2.55. The van der Waals surface area contributed by atoms with Gasteiger partial charge in [-0.05, 0) is 62.3 Å². The van der Waals surface area contributed by atoms with E-state index in [9.17, 15) is 5.11 Å². The average Bonchev–Trinajstić information content (AvgIpc) is 3.31. The summed E-state index contributed by atoms with van der Waals surface area (Å²) in [5.41, 5.74) is 2.32. The third kappa shape index (κ3) is 4.29. The summed E-state index contributed by atoms with van der Waals surface area (Å²) >= 11 is 0. The molecule has 0 spiro atoms. The van der Waals surface area contributed by atoms with Crippen LogP contribution in [0.4, 0.5) is 0 Å². The predicted octanol–water partition coefficient (Wildman–Crippen LogP) is 5.27. The molecule has 38 heavy (non-hydrogen) atoms. The summed E-state index contributed by atoms with van der Waals surface area (Å²) < 4.78 is 7.82. The van der Waals surface area contributed by atoms with Crippen LogP contribution in [0.25, 0.3) is 11.4 Å². The monoisotopic (exact) mass is 515 g/mol. The maximum Gasteiger partial charge on any atom is 0.182 e. The number of nitrogens with zero attached hydrogens (tertiary/aromatic N) is 5. The lowest BCUT2D eigenvalue weighted by molar-refractivity contribution is -0.127. The van der Waals surface area contributed by atoms with Crippen LogP contribution in [-0.2, 0) is 10.3 Å². The maximum absolute atomic E-state index is 12.6. The first-order valence-corrected chi connectivity index (χ1v) is 14.3. The molecule has 1 N–H and O–H groups in total. The molecular weight excluding hydrogens is 474 g/mol. The second-order valence-electron chi connectivity index (χ2n) is 12.4. The highest BCUT2D eigenvalue weighted by molar-refractivity contribution is 5.56. The normalized spacial score (nSPS) is 22.2. The van der Waals surface area contributed by atoms with Gasteiger partial charge in [-0.15, -0.1) is 0 Å². The van der Waals surface area contributed by atoms with E-state index in [1.54, 1.807) is 0 Å². The fraction of sp³-hybridized carbons (Fsp3) is 0.581. The van der Waals surface area contributed by atoms with E-state index in [0.717, 1.165) is 74.5 Å². The highest BCUT2D eigenvalue weighted by atomic mass is 16.5. The molecular formula is C31H41N5O2. The van der Waals surface area contributed by atoms with Crippen molar-refractivity contribution in [2.45, 2.75) is 76.4 Å². The van der Waals surface area contributed by atoms with Crippen LogP contribution in [0.3, 0.4) is 0 Å². The van der Waals surface area contributed by atoms with Gasteiger partial charge in [0, 0.05) is 61.2 Å². The maximum atomic E-state index is 12.6. The molecule has 202 valence electrons. The molecule has 2 aliphatic heterocycles. The summed E-state index contributed by atoms with van der Waals surface area (Å²) in [6.45, 7) is 9.75. The Morgan fingerprint density at radius 3 is 2.34 bits per heavy atom. The summed E-state index contributed by atoms with van der Waals surface area (Å²) in [5, 5.41) is 17.7. The molecule has 3 aliphatic rings. The van der Waals surface area contributed by atoms with Gasteiger partial charge in [-0.25, -0.2) is 9.67 Å². The van der Waals surface area contributed by atoms with Crippen molar-refractivity contribution in [3.63, 3.8) is 0 Å². The SMILES string of the molecule is CC(C)c1ccc([C@](O)(c2cncc(-c3nc(C4CCOCC4)n(C4CCC4)n3)c2)C2(C)CN(C)C2)cc1. The van der Waals surface area contributed by atoms with E-state index in [0.29, 0.717) is 23.7 Å². The molecule has 1 atom stereocenters. The Balaban J connectivity index is 1.41. The Kier molecular flexibility index (Phi) is 6.65. The number of hydrogen-bond acceptors (Lipinski definition) is 6.